The van der Waals surface area contributed by atoms with Crippen LogP contribution in [0.25, 0.3) is 0 Å². The van der Waals surface area contributed by atoms with Crippen LogP contribution in [0.1, 0.15) is 37.2 Å². The molecule has 92 valence electrons. The van der Waals surface area contributed by atoms with Crippen molar-refractivity contribution in [2.45, 2.75) is 20.3 Å². The van der Waals surface area contributed by atoms with Gasteiger partial charge in [0, 0.05) is 22.8 Å². The van der Waals surface area contributed by atoms with Gasteiger partial charge in [0.2, 0.25) is 0 Å². The predicted molar refractivity (Wildman–Crippen MR) is 69.1 cm³/mol. The van der Waals surface area contributed by atoms with E-state index in [0.29, 0.717) is 11.3 Å². The van der Waals surface area contributed by atoms with Gasteiger partial charge in [-0.3, -0.25) is 14.6 Å². The third kappa shape index (κ3) is 2.68. The smallest absolute Gasteiger partial charge is 0.190 e. The molecule has 18 heavy (non-hydrogen) atoms. The number of ketones is 2. The second-order valence-electron chi connectivity index (χ2n) is 3.90. The van der Waals surface area contributed by atoms with Crippen LogP contribution in [0.4, 0.5) is 0 Å². The lowest BCUT2D eigenvalue weighted by Gasteiger charge is -1.99. The highest BCUT2D eigenvalue weighted by molar-refractivity contribution is 7.11. The quantitative estimate of drug-likeness (QED) is 0.626. The van der Waals surface area contributed by atoms with Crippen molar-refractivity contribution < 1.29 is 9.59 Å². The van der Waals surface area contributed by atoms with E-state index in [2.05, 4.69) is 9.97 Å². The zero-order valence-electron chi connectivity index (χ0n) is 10.1. The number of aryl methyl sites for hydroxylation is 2. The molecule has 5 heteroatoms. The Morgan fingerprint density at radius 1 is 1.28 bits per heavy atom. The number of carbonyl (C=O) groups excluding carboxylic acids is 2. The van der Waals surface area contributed by atoms with Gasteiger partial charge in [0.05, 0.1) is 11.4 Å². The fourth-order valence-corrected chi connectivity index (χ4v) is 2.48. The van der Waals surface area contributed by atoms with Crippen LogP contribution in [0.15, 0.2) is 24.5 Å². The summed E-state index contributed by atoms with van der Waals surface area (Å²) >= 11 is 1.46. The van der Waals surface area contributed by atoms with Gasteiger partial charge in [-0.25, -0.2) is 4.98 Å². The first-order valence-electron chi connectivity index (χ1n) is 5.48. The Kier molecular flexibility index (Phi) is 3.62. The second-order valence-corrected chi connectivity index (χ2v) is 5.31. The minimum absolute atomic E-state index is 0.157. The average Bonchev–Trinajstić information content (AvgIpc) is 2.69. The van der Waals surface area contributed by atoms with Crippen LogP contribution in [0.2, 0.25) is 0 Å². The van der Waals surface area contributed by atoms with E-state index in [1.807, 2.05) is 13.8 Å². The molecule has 0 N–H and O–H groups in total. The molecule has 0 atom stereocenters. The summed E-state index contributed by atoms with van der Waals surface area (Å²) in [6, 6.07) is 3.33. The van der Waals surface area contributed by atoms with Gasteiger partial charge in [-0.15, -0.1) is 11.3 Å². The average molecular weight is 260 g/mol. The molecule has 0 saturated carbocycles. The first-order chi connectivity index (χ1) is 8.58. The third-order valence-electron chi connectivity index (χ3n) is 2.47. The summed E-state index contributed by atoms with van der Waals surface area (Å²) in [5.41, 5.74) is 0.866. The molecule has 0 saturated heterocycles. The maximum Gasteiger partial charge on any atom is 0.190 e. The maximum absolute atomic E-state index is 12.0. The summed E-state index contributed by atoms with van der Waals surface area (Å²) in [6.07, 6.45) is 2.90. The molecule has 0 radical (unpaired) electrons. The van der Waals surface area contributed by atoms with Crippen molar-refractivity contribution in [1.29, 1.82) is 0 Å². The first kappa shape index (κ1) is 12.6. The van der Waals surface area contributed by atoms with Crippen LogP contribution in [-0.4, -0.2) is 21.5 Å². The molecule has 0 amide bonds. The van der Waals surface area contributed by atoms with E-state index in [9.17, 15) is 9.59 Å². The van der Waals surface area contributed by atoms with Gasteiger partial charge in [0.25, 0.3) is 0 Å². The van der Waals surface area contributed by atoms with Crippen molar-refractivity contribution in [2.24, 2.45) is 0 Å². The van der Waals surface area contributed by atoms with Crippen molar-refractivity contribution in [1.82, 2.24) is 9.97 Å². The molecule has 0 spiro atoms. The van der Waals surface area contributed by atoms with Crippen LogP contribution in [0.5, 0.6) is 0 Å². The van der Waals surface area contributed by atoms with E-state index in [1.165, 1.54) is 17.5 Å². The molecule has 2 aromatic rings. The van der Waals surface area contributed by atoms with Crippen LogP contribution >= 0.6 is 11.3 Å². The van der Waals surface area contributed by atoms with E-state index in [4.69, 9.17) is 0 Å². The van der Waals surface area contributed by atoms with Gasteiger partial charge in [-0.1, -0.05) is 0 Å². The SMILES string of the molecule is Cc1nc(C(=O)CC(=O)c2cccnc2)c(C)s1. The van der Waals surface area contributed by atoms with Crippen molar-refractivity contribution in [3.63, 3.8) is 0 Å². The van der Waals surface area contributed by atoms with Crippen LogP contribution < -0.4 is 0 Å². The minimum atomic E-state index is -0.231. The highest BCUT2D eigenvalue weighted by atomic mass is 32.1. The number of hydrogen-bond acceptors (Lipinski definition) is 5. The van der Waals surface area contributed by atoms with E-state index < -0.39 is 0 Å². The number of aromatic nitrogens is 2. The molecular formula is C13H12N2O2S. The molecule has 0 aliphatic heterocycles. The molecule has 2 aromatic heterocycles. The topological polar surface area (TPSA) is 59.9 Å². The van der Waals surface area contributed by atoms with E-state index in [-0.39, 0.29) is 18.0 Å². The van der Waals surface area contributed by atoms with Crippen LogP contribution in [-0.2, 0) is 0 Å². The Labute approximate surface area is 109 Å². The summed E-state index contributed by atoms with van der Waals surface area (Å²) in [5.74, 6) is -0.455. The van der Waals surface area contributed by atoms with Crippen LogP contribution in [0.3, 0.4) is 0 Å². The first-order valence-corrected chi connectivity index (χ1v) is 6.30. The lowest BCUT2D eigenvalue weighted by molar-refractivity contribution is 0.0891. The number of Topliss-reactive ketones (excluding diaryl/α,β-unsaturated/α-hetero) is 2. The normalized spacial score (nSPS) is 10.3. The Balaban J connectivity index is 2.13. The van der Waals surface area contributed by atoms with Gasteiger partial charge in [-0.2, -0.15) is 0 Å². The zero-order valence-corrected chi connectivity index (χ0v) is 11.0. The molecular weight excluding hydrogens is 248 g/mol. The molecule has 2 rings (SSSR count). The van der Waals surface area contributed by atoms with Crippen molar-refractivity contribution >= 4 is 22.9 Å². The fourth-order valence-electron chi connectivity index (χ4n) is 1.65. The lowest BCUT2D eigenvalue weighted by atomic mass is 10.1. The molecule has 0 fully saturated rings. The summed E-state index contributed by atoms with van der Waals surface area (Å²) in [6.45, 7) is 3.68. The molecule has 2 heterocycles. The monoisotopic (exact) mass is 260 g/mol. The summed E-state index contributed by atoms with van der Waals surface area (Å²) < 4.78 is 0. The molecule has 0 aromatic carbocycles. The highest BCUT2D eigenvalue weighted by Gasteiger charge is 2.18. The second kappa shape index (κ2) is 5.18. The van der Waals surface area contributed by atoms with Crippen molar-refractivity contribution in [3.05, 3.63) is 45.7 Å². The maximum atomic E-state index is 12.0. The summed E-state index contributed by atoms with van der Waals surface area (Å²) in [4.78, 5) is 32.7. The van der Waals surface area contributed by atoms with Gasteiger partial charge >= 0.3 is 0 Å². The molecule has 0 unspecified atom stereocenters. The highest BCUT2D eigenvalue weighted by Crippen LogP contribution is 2.18. The van der Waals surface area contributed by atoms with E-state index in [0.717, 1.165) is 9.88 Å². The van der Waals surface area contributed by atoms with E-state index in [1.54, 1.807) is 18.3 Å². The number of pyridine rings is 1. The van der Waals surface area contributed by atoms with E-state index >= 15 is 0 Å². The Hall–Kier alpha value is -1.88. The van der Waals surface area contributed by atoms with Gasteiger partial charge in [0.15, 0.2) is 11.6 Å². The van der Waals surface area contributed by atoms with Gasteiger partial charge < -0.3 is 0 Å². The molecule has 0 aliphatic rings. The van der Waals surface area contributed by atoms with Crippen molar-refractivity contribution in [2.75, 3.05) is 0 Å². The standard InChI is InChI=1S/C13H12N2O2S/c1-8-13(15-9(2)18-8)12(17)6-11(16)10-4-3-5-14-7-10/h3-5,7H,6H2,1-2H3. The zero-order chi connectivity index (χ0) is 13.1. The van der Waals surface area contributed by atoms with Crippen LogP contribution in [0, 0.1) is 13.8 Å². The summed E-state index contributed by atoms with van der Waals surface area (Å²) in [7, 11) is 0. The number of rotatable bonds is 4. The number of carbonyl (C=O) groups is 2. The Bertz CT molecular complexity index is 590. The third-order valence-corrected chi connectivity index (χ3v) is 3.36. The number of hydrogen-bond donors (Lipinski definition) is 0. The number of nitrogens with zero attached hydrogens (tertiary/aromatic N) is 2. The van der Waals surface area contributed by atoms with Gasteiger partial charge in [-0.05, 0) is 26.0 Å². The molecule has 0 aliphatic carbocycles. The minimum Gasteiger partial charge on any atom is -0.294 e. The largest absolute Gasteiger partial charge is 0.294 e. The predicted octanol–water partition coefficient (Wildman–Crippen LogP) is 2.61. The fraction of sp³-hybridized carbons (Fsp3) is 0.231. The Morgan fingerprint density at radius 2 is 2.06 bits per heavy atom. The Morgan fingerprint density at radius 3 is 2.61 bits per heavy atom. The van der Waals surface area contributed by atoms with Crippen molar-refractivity contribution in [3.8, 4) is 0 Å². The molecule has 4 nitrogen and oxygen atoms in total. The number of thiazole rings is 1. The lowest BCUT2D eigenvalue weighted by Crippen LogP contribution is -2.10. The van der Waals surface area contributed by atoms with Gasteiger partial charge in [0.1, 0.15) is 5.69 Å². The molecule has 0 bridgehead atoms. The summed E-state index contributed by atoms with van der Waals surface area (Å²) in [5, 5.41) is 0.838.